The molecule has 0 aliphatic carbocycles. The van der Waals surface area contributed by atoms with Gasteiger partial charge < -0.3 is 0 Å². The fourth-order valence-corrected chi connectivity index (χ4v) is 5.60. The van der Waals surface area contributed by atoms with E-state index in [-0.39, 0.29) is 17.0 Å². The minimum absolute atomic E-state index is 0.196. The molecule has 6 nitrogen and oxygen atoms in total. The number of hydrogen-bond donors (Lipinski definition) is 1. The fraction of sp³-hybridized carbons (Fsp3) is 0.200. The normalized spacial score (nSPS) is 14.4. The standard InChI is InChI=1S/C20H18FN3O3S2/c1-13-5-7-16(8-6-13)29(26,27)24-10-9-17-18(12-24)28-20(22-17)23-19(25)14-3-2-4-15(21)11-14/h2-8,11H,9-10,12H2,1H3,(H,22,23,25). The first-order chi connectivity index (χ1) is 13.8. The summed E-state index contributed by atoms with van der Waals surface area (Å²) >= 11 is 1.24. The van der Waals surface area contributed by atoms with Crippen molar-refractivity contribution in [1.29, 1.82) is 0 Å². The lowest BCUT2D eigenvalue weighted by molar-refractivity contribution is 0.102. The molecule has 150 valence electrons. The first kappa shape index (κ1) is 19.7. The SMILES string of the molecule is Cc1ccc(S(=O)(=O)N2CCc3nc(NC(=O)c4cccc(F)c4)sc3C2)cc1. The molecule has 2 aromatic carbocycles. The Morgan fingerprint density at radius 3 is 2.69 bits per heavy atom. The first-order valence-corrected chi connectivity index (χ1v) is 11.2. The van der Waals surface area contributed by atoms with E-state index in [1.165, 1.54) is 33.8 Å². The summed E-state index contributed by atoms with van der Waals surface area (Å²) in [6.07, 6.45) is 0.465. The van der Waals surface area contributed by atoms with Gasteiger partial charge in [0.1, 0.15) is 5.82 Å². The lowest BCUT2D eigenvalue weighted by Gasteiger charge is -2.25. The maximum atomic E-state index is 13.3. The van der Waals surface area contributed by atoms with E-state index in [9.17, 15) is 17.6 Å². The smallest absolute Gasteiger partial charge is 0.257 e. The molecule has 1 aliphatic rings. The molecule has 1 aromatic heterocycles. The third-order valence-corrected chi connectivity index (χ3v) is 7.52. The summed E-state index contributed by atoms with van der Waals surface area (Å²) in [5, 5.41) is 3.04. The molecule has 1 aliphatic heterocycles. The van der Waals surface area contributed by atoms with Crippen molar-refractivity contribution in [2.45, 2.75) is 24.8 Å². The number of carbonyl (C=O) groups is 1. The molecular formula is C20H18FN3O3S2. The molecule has 0 unspecified atom stereocenters. The molecule has 9 heteroatoms. The number of nitrogens with one attached hydrogen (secondary N) is 1. The molecule has 0 fully saturated rings. The molecule has 0 spiro atoms. The molecule has 0 radical (unpaired) electrons. The number of amides is 1. The minimum Gasteiger partial charge on any atom is -0.298 e. The van der Waals surface area contributed by atoms with Crippen LogP contribution in [0.4, 0.5) is 9.52 Å². The molecular weight excluding hydrogens is 413 g/mol. The number of halogens is 1. The number of hydrogen-bond acceptors (Lipinski definition) is 5. The number of carbonyl (C=O) groups excluding carboxylic acids is 1. The number of thiazole rings is 1. The van der Waals surface area contributed by atoms with Gasteiger partial charge in [-0.3, -0.25) is 10.1 Å². The van der Waals surface area contributed by atoms with Crippen molar-refractivity contribution in [1.82, 2.24) is 9.29 Å². The van der Waals surface area contributed by atoms with Gasteiger partial charge >= 0.3 is 0 Å². The van der Waals surface area contributed by atoms with Crippen LogP contribution in [0, 0.1) is 12.7 Å². The summed E-state index contributed by atoms with van der Waals surface area (Å²) in [6, 6.07) is 12.2. The van der Waals surface area contributed by atoms with E-state index in [4.69, 9.17) is 0 Å². The summed E-state index contributed by atoms with van der Waals surface area (Å²) in [5.74, 6) is -0.951. The Hall–Kier alpha value is -2.62. The average molecular weight is 432 g/mol. The van der Waals surface area contributed by atoms with Crippen LogP contribution in [0.3, 0.4) is 0 Å². The third kappa shape index (κ3) is 4.07. The van der Waals surface area contributed by atoms with Crippen LogP contribution in [-0.2, 0) is 23.0 Å². The van der Waals surface area contributed by atoms with E-state index < -0.39 is 21.7 Å². The van der Waals surface area contributed by atoms with Gasteiger partial charge in [0.2, 0.25) is 10.0 Å². The monoisotopic (exact) mass is 431 g/mol. The second-order valence-corrected chi connectivity index (χ2v) is 9.78. The number of nitrogens with zero attached hydrogens (tertiary/aromatic N) is 2. The van der Waals surface area contributed by atoms with Crippen LogP contribution in [0.5, 0.6) is 0 Å². The zero-order valence-corrected chi connectivity index (χ0v) is 17.2. The van der Waals surface area contributed by atoms with E-state index >= 15 is 0 Å². The van der Waals surface area contributed by atoms with Gasteiger partial charge in [-0.25, -0.2) is 17.8 Å². The molecule has 3 aromatic rings. The summed E-state index contributed by atoms with van der Waals surface area (Å²) in [5.41, 5.74) is 1.97. The summed E-state index contributed by atoms with van der Waals surface area (Å²) in [7, 11) is -3.60. The van der Waals surface area contributed by atoms with Gasteiger partial charge in [0.25, 0.3) is 5.91 Å². The number of sulfonamides is 1. The number of benzene rings is 2. The number of anilines is 1. The van der Waals surface area contributed by atoms with Crippen molar-refractivity contribution in [3.63, 3.8) is 0 Å². The van der Waals surface area contributed by atoms with E-state index in [0.29, 0.717) is 18.1 Å². The second-order valence-electron chi connectivity index (χ2n) is 6.76. The van der Waals surface area contributed by atoms with Crippen LogP contribution in [0.1, 0.15) is 26.5 Å². The van der Waals surface area contributed by atoms with Crippen LogP contribution >= 0.6 is 11.3 Å². The molecule has 0 saturated carbocycles. The molecule has 2 heterocycles. The third-order valence-electron chi connectivity index (χ3n) is 4.66. The largest absolute Gasteiger partial charge is 0.298 e. The van der Waals surface area contributed by atoms with Gasteiger partial charge in [0.15, 0.2) is 5.13 Å². The van der Waals surface area contributed by atoms with Gasteiger partial charge in [0, 0.05) is 23.4 Å². The first-order valence-electron chi connectivity index (χ1n) is 8.95. The van der Waals surface area contributed by atoms with Crippen LogP contribution < -0.4 is 5.32 Å². The molecule has 1 amide bonds. The molecule has 0 bridgehead atoms. The van der Waals surface area contributed by atoms with E-state index in [0.717, 1.165) is 22.2 Å². The lowest BCUT2D eigenvalue weighted by Crippen LogP contribution is -2.35. The molecule has 0 atom stereocenters. The second kappa shape index (κ2) is 7.66. The van der Waals surface area contributed by atoms with Crippen LogP contribution in [0.2, 0.25) is 0 Å². The minimum atomic E-state index is -3.60. The predicted octanol–water partition coefficient (Wildman–Crippen LogP) is 3.59. The van der Waals surface area contributed by atoms with Crippen molar-refractivity contribution in [2.75, 3.05) is 11.9 Å². The maximum Gasteiger partial charge on any atom is 0.257 e. The quantitative estimate of drug-likeness (QED) is 0.685. The summed E-state index contributed by atoms with van der Waals surface area (Å²) in [4.78, 5) is 17.8. The zero-order chi connectivity index (χ0) is 20.6. The highest BCUT2D eigenvalue weighted by atomic mass is 32.2. The average Bonchev–Trinajstić information content (AvgIpc) is 3.09. The Morgan fingerprint density at radius 1 is 1.21 bits per heavy atom. The van der Waals surface area contributed by atoms with E-state index in [2.05, 4.69) is 10.3 Å². The van der Waals surface area contributed by atoms with Crippen LogP contribution in [-0.4, -0.2) is 30.2 Å². The highest BCUT2D eigenvalue weighted by Gasteiger charge is 2.30. The van der Waals surface area contributed by atoms with Crippen molar-refractivity contribution in [3.05, 3.63) is 76.0 Å². The maximum absolute atomic E-state index is 13.3. The van der Waals surface area contributed by atoms with Gasteiger partial charge in [0.05, 0.1) is 17.1 Å². The molecule has 1 N–H and O–H groups in total. The lowest BCUT2D eigenvalue weighted by atomic mass is 10.2. The highest BCUT2D eigenvalue weighted by Crippen LogP contribution is 2.31. The Morgan fingerprint density at radius 2 is 1.97 bits per heavy atom. The number of aromatic nitrogens is 1. The Balaban J connectivity index is 1.51. The number of aryl methyl sites for hydroxylation is 1. The Bertz CT molecular complexity index is 1170. The van der Waals surface area contributed by atoms with Gasteiger partial charge in [-0.1, -0.05) is 23.8 Å². The predicted molar refractivity (Wildman–Crippen MR) is 109 cm³/mol. The van der Waals surface area contributed by atoms with Gasteiger partial charge in [-0.2, -0.15) is 4.31 Å². The van der Waals surface area contributed by atoms with Gasteiger partial charge in [-0.15, -0.1) is 11.3 Å². The fourth-order valence-electron chi connectivity index (χ4n) is 3.09. The summed E-state index contributed by atoms with van der Waals surface area (Å²) < 4.78 is 40.6. The van der Waals surface area contributed by atoms with E-state index in [1.807, 2.05) is 6.92 Å². The van der Waals surface area contributed by atoms with E-state index in [1.54, 1.807) is 24.3 Å². The van der Waals surface area contributed by atoms with Crippen LogP contribution in [0.25, 0.3) is 0 Å². The molecule has 0 saturated heterocycles. The number of rotatable bonds is 4. The Kier molecular flexibility index (Phi) is 5.20. The molecule has 29 heavy (non-hydrogen) atoms. The van der Waals surface area contributed by atoms with Crippen molar-refractivity contribution >= 4 is 32.4 Å². The number of fused-ring (bicyclic) bond motifs is 1. The van der Waals surface area contributed by atoms with Crippen LogP contribution in [0.15, 0.2) is 53.4 Å². The van der Waals surface area contributed by atoms with Gasteiger partial charge in [-0.05, 0) is 37.3 Å². The molecule has 4 rings (SSSR count). The highest BCUT2D eigenvalue weighted by molar-refractivity contribution is 7.89. The Labute approximate surface area is 172 Å². The zero-order valence-electron chi connectivity index (χ0n) is 15.6. The van der Waals surface area contributed by atoms with Crippen molar-refractivity contribution in [3.8, 4) is 0 Å². The van der Waals surface area contributed by atoms with Crippen molar-refractivity contribution in [2.24, 2.45) is 0 Å². The summed E-state index contributed by atoms with van der Waals surface area (Å²) in [6.45, 7) is 2.43. The van der Waals surface area contributed by atoms with Crippen molar-refractivity contribution < 1.29 is 17.6 Å². The topological polar surface area (TPSA) is 79.4 Å².